The molecule has 0 unspecified atom stereocenters. The van der Waals surface area contributed by atoms with Gasteiger partial charge in [-0.1, -0.05) is 6.58 Å². The Kier molecular flexibility index (Phi) is 1.06. The second-order valence-electron chi connectivity index (χ2n) is 1.28. The highest BCUT2D eigenvalue weighted by molar-refractivity contribution is 8.12. The maximum absolute atomic E-state index is 3.96. The Balaban J connectivity index is 2.67. The molecule has 0 aromatic carbocycles. The van der Waals surface area contributed by atoms with Crippen LogP contribution in [0.4, 0.5) is 0 Å². The average molecular weight is 114 g/mol. The first kappa shape index (κ1) is 4.71. The van der Waals surface area contributed by atoms with Crippen LogP contribution in [0.2, 0.25) is 0 Å². The van der Waals surface area contributed by atoms with Crippen molar-refractivity contribution in [3.63, 3.8) is 0 Å². The van der Waals surface area contributed by atoms with Crippen molar-refractivity contribution in [2.24, 2.45) is 4.99 Å². The Labute approximate surface area is 46.8 Å². The Morgan fingerprint density at radius 3 is 2.71 bits per heavy atom. The summed E-state index contributed by atoms with van der Waals surface area (Å²) in [5.41, 5.74) is 0. The monoisotopic (exact) mass is 114 g/mol. The van der Waals surface area contributed by atoms with E-state index in [0.29, 0.717) is 0 Å². The van der Waals surface area contributed by atoms with Crippen molar-refractivity contribution < 1.29 is 0 Å². The molecule has 0 aromatic heterocycles. The van der Waals surface area contributed by atoms with Gasteiger partial charge in [0.25, 0.3) is 0 Å². The van der Waals surface area contributed by atoms with Crippen molar-refractivity contribution in [2.45, 2.75) is 6.92 Å². The van der Waals surface area contributed by atoms with E-state index in [9.17, 15) is 0 Å². The molecular formula is C4H6N2S. The summed E-state index contributed by atoms with van der Waals surface area (Å²) in [7, 11) is 0. The van der Waals surface area contributed by atoms with Gasteiger partial charge in [-0.2, -0.15) is 0 Å². The third-order valence-electron chi connectivity index (χ3n) is 0.609. The fourth-order valence-corrected chi connectivity index (χ4v) is 0.835. The van der Waals surface area contributed by atoms with Crippen molar-refractivity contribution in [1.82, 2.24) is 4.72 Å². The van der Waals surface area contributed by atoms with Crippen LogP contribution < -0.4 is 4.72 Å². The molecule has 0 saturated carbocycles. The zero-order chi connectivity index (χ0) is 5.28. The normalized spacial score (nSPS) is 19.0. The quantitative estimate of drug-likeness (QED) is 0.477. The Morgan fingerprint density at radius 1 is 1.86 bits per heavy atom. The van der Waals surface area contributed by atoms with E-state index in [1.165, 1.54) is 11.9 Å². The molecule has 3 heteroatoms. The summed E-state index contributed by atoms with van der Waals surface area (Å²) in [6.07, 6.45) is 0. The van der Waals surface area contributed by atoms with Crippen molar-refractivity contribution in [2.75, 3.05) is 0 Å². The van der Waals surface area contributed by atoms with Crippen LogP contribution in [0.25, 0.3) is 0 Å². The van der Waals surface area contributed by atoms with Crippen LogP contribution in [0, 0.1) is 0 Å². The van der Waals surface area contributed by atoms with Crippen LogP contribution in [0.3, 0.4) is 0 Å². The fraction of sp³-hybridized carbons (Fsp3) is 0.250. The van der Waals surface area contributed by atoms with Crippen LogP contribution in [0.1, 0.15) is 6.92 Å². The third kappa shape index (κ3) is 0.962. The van der Waals surface area contributed by atoms with Gasteiger partial charge in [0.15, 0.2) is 0 Å². The van der Waals surface area contributed by atoms with Crippen LogP contribution in [0.15, 0.2) is 17.4 Å². The molecule has 0 aliphatic carbocycles. The molecule has 1 rings (SSSR count). The topological polar surface area (TPSA) is 24.4 Å². The van der Waals surface area contributed by atoms with Gasteiger partial charge in [-0.3, -0.25) is 0 Å². The summed E-state index contributed by atoms with van der Waals surface area (Å²) in [4.78, 5) is 3.96. The molecule has 0 amide bonds. The molecule has 1 heterocycles. The van der Waals surface area contributed by atoms with Crippen LogP contribution in [0.5, 0.6) is 0 Å². The predicted molar refractivity (Wildman–Crippen MR) is 33.0 cm³/mol. The zero-order valence-electron chi connectivity index (χ0n) is 4.06. The van der Waals surface area contributed by atoms with Crippen molar-refractivity contribution >= 4 is 17.0 Å². The lowest BCUT2D eigenvalue weighted by Gasteiger charge is -1.84. The summed E-state index contributed by atoms with van der Waals surface area (Å²) in [5.74, 6) is 0.752. The molecule has 0 spiro atoms. The lowest BCUT2D eigenvalue weighted by molar-refractivity contribution is 1.20. The first-order chi connectivity index (χ1) is 3.29. The van der Waals surface area contributed by atoms with Gasteiger partial charge < -0.3 is 4.72 Å². The summed E-state index contributed by atoms with van der Waals surface area (Å²) in [5, 5.41) is 1.03. The van der Waals surface area contributed by atoms with Gasteiger partial charge in [0.05, 0.1) is 5.04 Å². The number of hydrogen-bond donors (Lipinski definition) is 1. The highest BCUT2D eigenvalue weighted by Crippen LogP contribution is 2.10. The molecule has 38 valence electrons. The minimum atomic E-state index is 0.752. The minimum absolute atomic E-state index is 0.752. The second kappa shape index (κ2) is 1.58. The molecular weight excluding hydrogens is 108 g/mol. The van der Waals surface area contributed by atoms with Crippen molar-refractivity contribution in [1.29, 1.82) is 0 Å². The predicted octanol–water partition coefficient (Wildman–Crippen LogP) is 1.13. The van der Waals surface area contributed by atoms with Gasteiger partial charge in [-0.15, -0.1) is 0 Å². The average Bonchev–Trinajstić information content (AvgIpc) is 1.87. The molecule has 1 aliphatic rings. The van der Waals surface area contributed by atoms with E-state index in [4.69, 9.17) is 0 Å². The lowest BCUT2D eigenvalue weighted by Crippen LogP contribution is -1.90. The fourth-order valence-electron chi connectivity index (χ4n) is 0.368. The molecule has 0 aromatic rings. The molecule has 7 heavy (non-hydrogen) atoms. The first-order valence-corrected chi connectivity index (χ1v) is 2.78. The molecule has 1 N–H and O–H groups in total. The highest BCUT2D eigenvalue weighted by atomic mass is 32.2. The molecule has 0 atom stereocenters. The smallest absolute Gasteiger partial charge is 0.129 e. The van der Waals surface area contributed by atoms with E-state index in [2.05, 4.69) is 16.3 Å². The summed E-state index contributed by atoms with van der Waals surface area (Å²) in [6.45, 7) is 5.53. The largest absolute Gasteiger partial charge is 0.310 e. The summed E-state index contributed by atoms with van der Waals surface area (Å²) >= 11 is 1.51. The molecule has 2 nitrogen and oxygen atoms in total. The number of hydrogen-bond acceptors (Lipinski definition) is 3. The van der Waals surface area contributed by atoms with E-state index in [-0.39, 0.29) is 0 Å². The van der Waals surface area contributed by atoms with Gasteiger partial charge in [0, 0.05) is 11.9 Å². The maximum Gasteiger partial charge on any atom is 0.129 e. The zero-order valence-corrected chi connectivity index (χ0v) is 4.88. The third-order valence-corrected chi connectivity index (χ3v) is 1.33. The van der Waals surface area contributed by atoms with Gasteiger partial charge in [0.2, 0.25) is 0 Å². The lowest BCUT2D eigenvalue weighted by atomic mass is 10.8. The van der Waals surface area contributed by atoms with Crippen molar-refractivity contribution in [3.8, 4) is 0 Å². The van der Waals surface area contributed by atoms with Crippen LogP contribution >= 0.6 is 11.9 Å². The number of nitrogens with one attached hydrogen (secondary N) is 1. The molecule has 0 fully saturated rings. The molecule has 0 saturated heterocycles. The second-order valence-corrected chi connectivity index (χ2v) is 2.28. The van der Waals surface area contributed by atoms with Gasteiger partial charge in [0.1, 0.15) is 5.82 Å². The number of nitrogens with zero attached hydrogens (tertiary/aromatic N) is 1. The van der Waals surface area contributed by atoms with E-state index < -0.39 is 0 Å². The van der Waals surface area contributed by atoms with Gasteiger partial charge >= 0.3 is 0 Å². The molecule has 1 aliphatic heterocycles. The Morgan fingerprint density at radius 2 is 2.57 bits per heavy atom. The number of rotatable bonds is 0. The van der Waals surface area contributed by atoms with Gasteiger partial charge in [-0.25, -0.2) is 4.99 Å². The van der Waals surface area contributed by atoms with E-state index in [0.717, 1.165) is 10.9 Å². The van der Waals surface area contributed by atoms with E-state index >= 15 is 0 Å². The molecule has 0 radical (unpaired) electrons. The van der Waals surface area contributed by atoms with Crippen LogP contribution in [-0.2, 0) is 0 Å². The van der Waals surface area contributed by atoms with E-state index in [1.54, 1.807) is 0 Å². The summed E-state index contributed by atoms with van der Waals surface area (Å²) < 4.78 is 2.89. The molecule has 0 bridgehead atoms. The Bertz CT molecular complexity index is 128. The Hall–Kier alpha value is -0.440. The minimum Gasteiger partial charge on any atom is -0.310 e. The maximum atomic E-state index is 3.96. The number of aliphatic imine (C=N–C) groups is 1. The highest BCUT2D eigenvalue weighted by Gasteiger charge is 2.01. The van der Waals surface area contributed by atoms with Crippen LogP contribution in [-0.4, -0.2) is 5.04 Å². The van der Waals surface area contributed by atoms with Gasteiger partial charge in [-0.05, 0) is 6.92 Å². The summed E-state index contributed by atoms with van der Waals surface area (Å²) in [6, 6.07) is 0. The standard InChI is InChI=1S/C4H6N2S/c1-3-5-4(2)7-6-3/h6H,1H2,2H3. The SMILES string of the molecule is C=C1N=C(C)SN1. The van der Waals surface area contributed by atoms with E-state index in [1.807, 2.05) is 6.92 Å². The van der Waals surface area contributed by atoms with Crippen molar-refractivity contribution in [3.05, 3.63) is 12.4 Å². The first-order valence-electron chi connectivity index (χ1n) is 1.96.